The van der Waals surface area contributed by atoms with Crippen LogP contribution in [-0.2, 0) is 4.79 Å². The molecule has 0 rings (SSSR count). The van der Waals surface area contributed by atoms with Crippen molar-refractivity contribution in [1.82, 2.24) is 0 Å². The van der Waals surface area contributed by atoms with Gasteiger partial charge in [-0.2, -0.15) is 0 Å². The normalized spacial score (nSPS) is 11.8. The van der Waals surface area contributed by atoms with Crippen molar-refractivity contribution < 1.29 is 4.79 Å². The highest BCUT2D eigenvalue weighted by atomic mass is 16.1. The van der Waals surface area contributed by atoms with Crippen LogP contribution < -0.4 is 0 Å². The van der Waals surface area contributed by atoms with E-state index in [2.05, 4.69) is 20.8 Å². The minimum Gasteiger partial charge on any atom is -0.295 e. The van der Waals surface area contributed by atoms with E-state index in [1.54, 1.807) is 0 Å². The van der Waals surface area contributed by atoms with Gasteiger partial charge < -0.3 is 0 Å². The van der Waals surface area contributed by atoms with Crippen LogP contribution in [0.5, 0.6) is 0 Å². The maximum atomic E-state index is 11.7. The van der Waals surface area contributed by atoms with Crippen LogP contribution in [0.3, 0.4) is 0 Å². The molecule has 1 heteroatoms. The molecule has 0 radical (unpaired) electrons. The number of rotatable bonds is 13. The predicted octanol–water partition coefficient (Wildman–Crippen LogP) is 6.22. The summed E-state index contributed by atoms with van der Waals surface area (Å²) >= 11 is 0. The first-order chi connectivity index (χ1) is 9.20. The lowest BCUT2D eigenvalue weighted by atomic mass is 10.0. The van der Waals surface area contributed by atoms with Crippen molar-refractivity contribution in [1.29, 1.82) is 0 Å². The van der Waals surface area contributed by atoms with E-state index in [1.807, 2.05) is 6.08 Å². The number of hydrogen-bond acceptors (Lipinski definition) is 1. The van der Waals surface area contributed by atoms with E-state index in [0.717, 1.165) is 19.3 Å². The number of carbonyl (C=O) groups excluding carboxylic acids is 1. The minimum absolute atomic E-state index is 0.336. The van der Waals surface area contributed by atoms with Gasteiger partial charge in [0.15, 0.2) is 5.78 Å². The van der Waals surface area contributed by atoms with Crippen LogP contribution in [0.2, 0.25) is 0 Å². The first kappa shape index (κ1) is 18.4. The van der Waals surface area contributed by atoms with Crippen LogP contribution in [0, 0.1) is 0 Å². The Bertz CT molecular complexity index is 240. The van der Waals surface area contributed by atoms with Crippen molar-refractivity contribution in [3.8, 4) is 0 Å². The molecule has 1 nitrogen and oxygen atoms in total. The van der Waals surface area contributed by atoms with Gasteiger partial charge in [0, 0.05) is 6.42 Å². The smallest absolute Gasteiger partial charge is 0.155 e. The lowest BCUT2D eigenvalue weighted by Gasteiger charge is -2.02. The van der Waals surface area contributed by atoms with Crippen molar-refractivity contribution in [3.05, 3.63) is 11.6 Å². The molecular formula is C18H34O. The Balaban J connectivity index is 3.55. The first-order valence-corrected chi connectivity index (χ1v) is 8.40. The zero-order chi connectivity index (χ0) is 14.3. The molecule has 0 aromatic rings. The van der Waals surface area contributed by atoms with Crippen LogP contribution >= 0.6 is 0 Å². The van der Waals surface area contributed by atoms with Crippen LogP contribution in [0.4, 0.5) is 0 Å². The molecule has 0 aliphatic carbocycles. The van der Waals surface area contributed by atoms with Gasteiger partial charge in [0.25, 0.3) is 0 Å². The molecule has 0 atom stereocenters. The first-order valence-electron chi connectivity index (χ1n) is 8.40. The third-order valence-corrected chi connectivity index (χ3v) is 3.61. The Morgan fingerprint density at radius 1 is 0.737 bits per heavy atom. The number of hydrogen-bond donors (Lipinski definition) is 0. The molecule has 0 fully saturated rings. The number of unbranched alkanes of at least 4 members (excludes halogenated alkanes) is 8. The van der Waals surface area contributed by atoms with Crippen LogP contribution in [0.15, 0.2) is 11.6 Å². The molecule has 112 valence electrons. The summed E-state index contributed by atoms with van der Waals surface area (Å²) in [6, 6.07) is 0. The summed E-state index contributed by atoms with van der Waals surface area (Å²) in [5.74, 6) is 0.336. The molecule has 0 N–H and O–H groups in total. The highest BCUT2D eigenvalue weighted by Crippen LogP contribution is 2.12. The van der Waals surface area contributed by atoms with Gasteiger partial charge in [-0.1, -0.05) is 70.8 Å². The molecule has 0 aliphatic rings. The standard InChI is InChI=1S/C18H34O/c1-4-6-8-10-12-14-17(3)16-18(19)15-13-11-9-7-5-2/h16H,4-15H2,1-3H3. The Labute approximate surface area is 120 Å². The quantitative estimate of drug-likeness (QED) is 0.285. The second-order valence-electron chi connectivity index (χ2n) is 5.79. The number of ketones is 1. The fourth-order valence-corrected chi connectivity index (χ4v) is 2.33. The topological polar surface area (TPSA) is 17.1 Å². The second kappa shape index (κ2) is 13.8. The highest BCUT2D eigenvalue weighted by molar-refractivity contribution is 5.90. The Morgan fingerprint density at radius 2 is 1.21 bits per heavy atom. The van der Waals surface area contributed by atoms with Crippen molar-refractivity contribution in [2.75, 3.05) is 0 Å². The SMILES string of the molecule is CCCCCCCC(=O)C=C(C)CCCCCCC. The largest absolute Gasteiger partial charge is 0.295 e. The molecular weight excluding hydrogens is 232 g/mol. The molecule has 0 heterocycles. The van der Waals surface area contributed by atoms with Crippen molar-refractivity contribution in [2.24, 2.45) is 0 Å². The van der Waals surface area contributed by atoms with E-state index in [9.17, 15) is 4.79 Å². The molecule has 0 saturated carbocycles. The summed E-state index contributed by atoms with van der Waals surface area (Å²) in [6.45, 7) is 6.57. The fraction of sp³-hybridized carbons (Fsp3) is 0.833. The summed E-state index contributed by atoms with van der Waals surface area (Å²) in [6.07, 6.45) is 16.4. The van der Waals surface area contributed by atoms with Gasteiger partial charge in [-0.15, -0.1) is 0 Å². The van der Waals surface area contributed by atoms with E-state index in [0.29, 0.717) is 5.78 Å². The molecule has 0 spiro atoms. The zero-order valence-corrected chi connectivity index (χ0v) is 13.5. The van der Waals surface area contributed by atoms with E-state index in [4.69, 9.17) is 0 Å². The Kier molecular flexibility index (Phi) is 13.4. The molecule has 0 unspecified atom stereocenters. The second-order valence-corrected chi connectivity index (χ2v) is 5.79. The number of carbonyl (C=O) groups is 1. The summed E-state index contributed by atoms with van der Waals surface area (Å²) < 4.78 is 0. The van der Waals surface area contributed by atoms with Crippen LogP contribution in [0.1, 0.15) is 97.8 Å². The van der Waals surface area contributed by atoms with E-state index >= 15 is 0 Å². The van der Waals surface area contributed by atoms with Crippen molar-refractivity contribution in [2.45, 2.75) is 97.8 Å². The van der Waals surface area contributed by atoms with Gasteiger partial charge in [-0.3, -0.25) is 4.79 Å². The lowest BCUT2D eigenvalue weighted by molar-refractivity contribution is -0.114. The van der Waals surface area contributed by atoms with Gasteiger partial charge in [-0.25, -0.2) is 0 Å². The summed E-state index contributed by atoms with van der Waals surface area (Å²) in [7, 11) is 0. The lowest BCUT2D eigenvalue weighted by Crippen LogP contribution is -1.94. The van der Waals surface area contributed by atoms with E-state index in [-0.39, 0.29) is 0 Å². The van der Waals surface area contributed by atoms with E-state index < -0.39 is 0 Å². The fourth-order valence-electron chi connectivity index (χ4n) is 2.33. The van der Waals surface area contributed by atoms with Crippen molar-refractivity contribution in [3.63, 3.8) is 0 Å². The Hall–Kier alpha value is -0.590. The van der Waals surface area contributed by atoms with Crippen molar-refractivity contribution >= 4 is 5.78 Å². The number of allylic oxidation sites excluding steroid dienone is 2. The maximum Gasteiger partial charge on any atom is 0.155 e. The monoisotopic (exact) mass is 266 g/mol. The summed E-state index contributed by atoms with van der Waals surface area (Å²) in [4.78, 5) is 11.7. The molecule has 0 bridgehead atoms. The molecule has 19 heavy (non-hydrogen) atoms. The summed E-state index contributed by atoms with van der Waals surface area (Å²) in [5, 5.41) is 0. The Morgan fingerprint density at radius 3 is 1.74 bits per heavy atom. The molecule has 0 amide bonds. The molecule has 0 aromatic heterocycles. The summed E-state index contributed by atoms with van der Waals surface area (Å²) in [5.41, 5.74) is 1.27. The molecule has 0 saturated heterocycles. The zero-order valence-electron chi connectivity index (χ0n) is 13.5. The van der Waals surface area contributed by atoms with E-state index in [1.165, 1.54) is 63.4 Å². The average molecular weight is 266 g/mol. The third-order valence-electron chi connectivity index (χ3n) is 3.61. The van der Waals surface area contributed by atoms with Crippen LogP contribution in [0.25, 0.3) is 0 Å². The van der Waals surface area contributed by atoms with Gasteiger partial charge in [-0.05, 0) is 32.3 Å². The van der Waals surface area contributed by atoms with Gasteiger partial charge in [0.05, 0.1) is 0 Å². The predicted molar refractivity (Wildman–Crippen MR) is 85.5 cm³/mol. The van der Waals surface area contributed by atoms with Gasteiger partial charge >= 0.3 is 0 Å². The van der Waals surface area contributed by atoms with Gasteiger partial charge in [0.2, 0.25) is 0 Å². The maximum absolute atomic E-state index is 11.7. The van der Waals surface area contributed by atoms with Crippen LogP contribution in [-0.4, -0.2) is 5.78 Å². The third kappa shape index (κ3) is 13.6. The highest BCUT2D eigenvalue weighted by Gasteiger charge is 1.99. The molecule has 0 aliphatic heterocycles. The minimum atomic E-state index is 0.336. The average Bonchev–Trinajstić information content (AvgIpc) is 2.38. The molecule has 0 aromatic carbocycles. The van der Waals surface area contributed by atoms with Gasteiger partial charge in [0.1, 0.15) is 0 Å².